The molecule has 5 heteroatoms. The minimum absolute atomic E-state index is 0.167. The van der Waals surface area contributed by atoms with Crippen LogP contribution in [0.3, 0.4) is 0 Å². The van der Waals surface area contributed by atoms with E-state index in [1.165, 1.54) is 11.8 Å². The van der Waals surface area contributed by atoms with Gasteiger partial charge >= 0.3 is 0 Å². The maximum absolute atomic E-state index is 12.7. The number of fused-ring (bicyclic) bond motifs is 1. The summed E-state index contributed by atoms with van der Waals surface area (Å²) in [5.74, 6) is -0.167. The fraction of sp³-hybridized carbons (Fsp3) is 0.0556. The number of carbonyl (C=O) groups is 1. The van der Waals surface area contributed by atoms with E-state index in [9.17, 15) is 10.1 Å². The summed E-state index contributed by atoms with van der Waals surface area (Å²) < 4.78 is 1.42. The molecular formula is C18H11N3O2. The van der Waals surface area contributed by atoms with Gasteiger partial charge in [0.25, 0.3) is 0 Å². The Hall–Kier alpha value is -3.57. The summed E-state index contributed by atoms with van der Waals surface area (Å²) in [6.45, 7) is 0. The minimum atomic E-state index is -0.167. The predicted octanol–water partition coefficient (Wildman–Crippen LogP) is 2.67. The standard InChI is InChI=1S/C18H11N3O2/c1-23-21-11-16(18(22)12-5-3-2-4-6-12)15-7-13(9-19)14(10-20)8-17(15)21/h2-8,11H,1H3. The third kappa shape index (κ3) is 2.31. The molecule has 2 aromatic carbocycles. The summed E-state index contributed by atoms with van der Waals surface area (Å²) in [6, 6.07) is 16.0. The van der Waals surface area contributed by atoms with Gasteiger partial charge in [-0.1, -0.05) is 30.3 Å². The molecule has 23 heavy (non-hydrogen) atoms. The van der Waals surface area contributed by atoms with Gasteiger partial charge in [-0.15, -0.1) is 0 Å². The SMILES string of the molecule is COn1cc(C(=O)c2ccccc2)c2cc(C#N)c(C#N)cc21. The van der Waals surface area contributed by atoms with Crippen molar-refractivity contribution in [1.82, 2.24) is 4.73 Å². The molecule has 0 bridgehead atoms. The Kier molecular flexibility index (Phi) is 3.54. The number of nitrogens with zero attached hydrogens (tertiary/aromatic N) is 3. The number of benzene rings is 2. The molecule has 0 aliphatic carbocycles. The molecule has 0 amide bonds. The van der Waals surface area contributed by atoms with Crippen molar-refractivity contribution >= 4 is 16.7 Å². The highest BCUT2D eigenvalue weighted by Gasteiger charge is 2.19. The molecule has 1 aromatic heterocycles. The quantitative estimate of drug-likeness (QED) is 0.697. The van der Waals surface area contributed by atoms with Crippen molar-refractivity contribution in [3.05, 3.63) is 70.9 Å². The Morgan fingerprint density at radius 3 is 2.35 bits per heavy atom. The number of carbonyl (C=O) groups excluding carboxylic acids is 1. The zero-order valence-electron chi connectivity index (χ0n) is 12.3. The average Bonchev–Trinajstić information content (AvgIpc) is 2.98. The van der Waals surface area contributed by atoms with Crippen molar-refractivity contribution in [2.24, 2.45) is 0 Å². The second-order valence-electron chi connectivity index (χ2n) is 4.88. The van der Waals surface area contributed by atoms with E-state index in [-0.39, 0.29) is 16.9 Å². The Balaban J connectivity index is 2.28. The highest BCUT2D eigenvalue weighted by Crippen LogP contribution is 2.26. The largest absolute Gasteiger partial charge is 0.417 e. The second kappa shape index (κ2) is 5.67. The van der Waals surface area contributed by atoms with Gasteiger partial charge in [0.1, 0.15) is 19.2 Å². The molecule has 0 spiro atoms. The zero-order chi connectivity index (χ0) is 16.4. The van der Waals surface area contributed by atoms with Gasteiger partial charge in [0.15, 0.2) is 5.78 Å². The summed E-state index contributed by atoms with van der Waals surface area (Å²) in [4.78, 5) is 18.0. The van der Waals surface area contributed by atoms with Crippen molar-refractivity contribution < 1.29 is 9.63 Å². The molecule has 5 nitrogen and oxygen atoms in total. The molecular weight excluding hydrogens is 290 g/mol. The first-order valence-corrected chi connectivity index (χ1v) is 6.83. The van der Waals surface area contributed by atoms with Gasteiger partial charge in [-0.2, -0.15) is 15.3 Å². The smallest absolute Gasteiger partial charge is 0.195 e. The van der Waals surface area contributed by atoms with Gasteiger partial charge in [-0.05, 0) is 12.1 Å². The van der Waals surface area contributed by atoms with Crippen LogP contribution in [0.5, 0.6) is 0 Å². The molecule has 0 unspecified atom stereocenters. The van der Waals surface area contributed by atoms with Crippen LogP contribution < -0.4 is 4.84 Å². The van der Waals surface area contributed by atoms with Crippen LogP contribution in [-0.2, 0) is 0 Å². The third-order valence-corrected chi connectivity index (χ3v) is 3.63. The first-order valence-electron chi connectivity index (χ1n) is 6.83. The van der Waals surface area contributed by atoms with Crippen LogP contribution in [0.4, 0.5) is 0 Å². The van der Waals surface area contributed by atoms with Gasteiger partial charge in [0.05, 0.1) is 28.4 Å². The van der Waals surface area contributed by atoms with Crippen LogP contribution in [0.15, 0.2) is 48.7 Å². The molecule has 0 aliphatic heterocycles. The van der Waals surface area contributed by atoms with E-state index < -0.39 is 0 Å². The van der Waals surface area contributed by atoms with Crippen LogP contribution in [0.1, 0.15) is 27.0 Å². The van der Waals surface area contributed by atoms with Crippen LogP contribution >= 0.6 is 0 Å². The lowest BCUT2D eigenvalue weighted by molar-refractivity contribution is 0.103. The molecule has 0 N–H and O–H groups in total. The van der Waals surface area contributed by atoms with E-state index in [0.29, 0.717) is 22.0 Å². The molecule has 1 heterocycles. The third-order valence-electron chi connectivity index (χ3n) is 3.63. The maximum atomic E-state index is 12.7. The lowest BCUT2D eigenvalue weighted by Crippen LogP contribution is -2.04. The van der Waals surface area contributed by atoms with Gasteiger partial charge in [0, 0.05) is 10.9 Å². The summed E-state index contributed by atoms with van der Waals surface area (Å²) in [6.07, 6.45) is 1.57. The van der Waals surface area contributed by atoms with Crippen molar-refractivity contribution in [2.75, 3.05) is 7.11 Å². The van der Waals surface area contributed by atoms with Gasteiger partial charge < -0.3 is 4.84 Å². The Morgan fingerprint density at radius 1 is 1.09 bits per heavy atom. The predicted molar refractivity (Wildman–Crippen MR) is 83.7 cm³/mol. The highest BCUT2D eigenvalue weighted by molar-refractivity contribution is 6.16. The first-order chi connectivity index (χ1) is 11.2. The average molecular weight is 301 g/mol. The Morgan fingerprint density at radius 2 is 1.74 bits per heavy atom. The lowest BCUT2D eigenvalue weighted by atomic mass is 10.00. The van der Waals surface area contributed by atoms with Crippen LogP contribution in [0.2, 0.25) is 0 Å². The summed E-state index contributed by atoms with van der Waals surface area (Å²) in [7, 11) is 1.47. The lowest BCUT2D eigenvalue weighted by Gasteiger charge is -2.02. The fourth-order valence-corrected chi connectivity index (χ4v) is 2.50. The zero-order valence-corrected chi connectivity index (χ0v) is 12.3. The van der Waals surface area contributed by atoms with E-state index in [1.807, 2.05) is 18.2 Å². The van der Waals surface area contributed by atoms with E-state index in [0.717, 1.165) is 0 Å². The summed E-state index contributed by atoms with van der Waals surface area (Å²) in [5, 5.41) is 18.9. The van der Waals surface area contributed by atoms with E-state index >= 15 is 0 Å². The van der Waals surface area contributed by atoms with Crippen LogP contribution in [0.25, 0.3) is 10.9 Å². The van der Waals surface area contributed by atoms with Crippen molar-refractivity contribution in [2.45, 2.75) is 0 Å². The summed E-state index contributed by atoms with van der Waals surface area (Å²) in [5.41, 5.74) is 2.02. The summed E-state index contributed by atoms with van der Waals surface area (Å²) >= 11 is 0. The molecule has 0 saturated carbocycles. The van der Waals surface area contributed by atoms with Crippen LogP contribution in [0, 0.1) is 22.7 Å². The van der Waals surface area contributed by atoms with Crippen molar-refractivity contribution in [3.8, 4) is 12.1 Å². The molecule has 0 radical (unpaired) electrons. The van der Waals surface area contributed by atoms with E-state index in [4.69, 9.17) is 10.1 Å². The first kappa shape index (κ1) is 14.4. The second-order valence-corrected chi connectivity index (χ2v) is 4.88. The molecule has 3 rings (SSSR count). The molecule has 0 aliphatic rings. The van der Waals surface area contributed by atoms with Gasteiger partial charge in [-0.25, -0.2) is 0 Å². The molecule has 110 valence electrons. The number of rotatable bonds is 3. The number of ketones is 1. The maximum Gasteiger partial charge on any atom is 0.195 e. The molecule has 0 atom stereocenters. The number of hydrogen-bond donors (Lipinski definition) is 0. The monoisotopic (exact) mass is 301 g/mol. The highest BCUT2D eigenvalue weighted by atomic mass is 16.6. The number of aromatic nitrogens is 1. The van der Waals surface area contributed by atoms with Crippen molar-refractivity contribution in [1.29, 1.82) is 10.5 Å². The van der Waals surface area contributed by atoms with Gasteiger partial charge in [-0.3, -0.25) is 4.79 Å². The van der Waals surface area contributed by atoms with Crippen LogP contribution in [-0.4, -0.2) is 17.6 Å². The Bertz CT molecular complexity index is 989. The van der Waals surface area contributed by atoms with E-state index in [2.05, 4.69) is 0 Å². The topological polar surface area (TPSA) is 78.8 Å². The number of nitriles is 2. The Labute approximate surface area is 132 Å². The molecule has 3 aromatic rings. The fourth-order valence-electron chi connectivity index (χ4n) is 2.50. The molecule has 0 fully saturated rings. The van der Waals surface area contributed by atoms with Crippen molar-refractivity contribution in [3.63, 3.8) is 0 Å². The minimum Gasteiger partial charge on any atom is -0.417 e. The molecule has 0 saturated heterocycles. The van der Waals surface area contributed by atoms with E-state index in [1.54, 1.807) is 42.6 Å². The number of hydrogen-bond acceptors (Lipinski definition) is 4. The van der Waals surface area contributed by atoms with Gasteiger partial charge in [0.2, 0.25) is 0 Å². The normalized spacial score (nSPS) is 10.0.